The molecule has 0 aliphatic heterocycles. The molecule has 0 fully saturated rings. The van der Waals surface area contributed by atoms with Gasteiger partial charge in [-0.3, -0.25) is 4.79 Å². The molecule has 0 radical (unpaired) electrons. The van der Waals surface area contributed by atoms with Crippen molar-refractivity contribution in [1.82, 2.24) is 5.32 Å². The van der Waals surface area contributed by atoms with Gasteiger partial charge in [0.25, 0.3) is 5.91 Å². The van der Waals surface area contributed by atoms with Crippen LogP contribution in [0.4, 0.5) is 0 Å². The number of amides is 1. The summed E-state index contributed by atoms with van der Waals surface area (Å²) >= 11 is 0. The van der Waals surface area contributed by atoms with Crippen LogP contribution < -0.4 is 5.32 Å². The molecule has 2 aromatic carbocycles. The molecule has 2 aromatic rings. The Morgan fingerprint density at radius 2 is 1.71 bits per heavy atom. The molecule has 0 aliphatic carbocycles. The minimum Gasteiger partial charge on any atom is -0.467 e. The summed E-state index contributed by atoms with van der Waals surface area (Å²) in [4.78, 5) is 23.5. The number of carbonyl (C=O) groups excluding carboxylic acids is 2. The highest BCUT2D eigenvalue weighted by atomic mass is 16.5. The summed E-state index contributed by atoms with van der Waals surface area (Å²) in [5.74, 6) is -0.747. The molecule has 1 amide bonds. The number of hydrogen-bond acceptors (Lipinski definition) is 4. The zero-order valence-electron chi connectivity index (χ0n) is 12.3. The summed E-state index contributed by atoms with van der Waals surface area (Å²) in [6, 6.07) is 12.4. The van der Waals surface area contributed by atoms with Gasteiger partial charge in [0, 0.05) is 12.7 Å². The molecule has 0 heterocycles. The van der Waals surface area contributed by atoms with Crippen LogP contribution in [0.1, 0.15) is 17.3 Å². The third-order valence-corrected chi connectivity index (χ3v) is 2.94. The van der Waals surface area contributed by atoms with Crippen molar-refractivity contribution in [2.24, 2.45) is 0 Å². The van der Waals surface area contributed by atoms with Gasteiger partial charge >= 0.3 is 5.97 Å². The van der Waals surface area contributed by atoms with E-state index in [2.05, 4.69) is 10.1 Å². The highest BCUT2D eigenvalue weighted by Gasteiger charge is 2.17. The second-order valence-electron chi connectivity index (χ2n) is 4.25. The highest BCUT2D eigenvalue weighted by molar-refractivity contribution is 6.07. The lowest BCUT2D eigenvalue weighted by Gasteiger charge is -2.12. The minimum absolute atomic E-state index is 0.283. The van der Waals surface area contributed by atoms with Crippen LogP contribution in [-0.2, 0) is 9.53 Å². The fraction of sp³-hybridized carbons (Fsp3) is 0.250. The van der Waals surface area contributed by atoms with Gasteiger partial charge in [0.1, 0.15) is 6.04 Å². The molecule has 0 spiro atoms. The molecular weight excluding hydrogens is 270 g/mol. The normalized spacial score (nSPS) is 11.0. The number of rotatable bonds is 3. The van der Waals surface area contributed by atoms with Gasteiger partial charge in [-0.15, -0.1) is 0 Å². The van der Waals surface area contributed by atoms with E-state index in [-0.39, 0.29) is 5.91 Å². The van der Waals surface area contributed by atoms with Crippen LogP contribution in [0.2, 0.25) is 0 Å². The first-order valence-corrected chi connectivity index (χ1v) is 6.44. The van der Waals surface area contributed by atoms with E-state index in [1.807, 2.05) is 36.4 Å². The monoisotopic (exact) mass is 289 g/mol. The summed E-state index contributed by atoms with van der Waals surface area (Å²) in [7, 11) is 2.29. The maximum atomic E-state index is 12.2. The molecular formula is C16H19NO4. The molecule has 0 saturated heterocycles. The van der Waals surface area contributed by atoms with E-state index in [4.69, 9.17) is 5.11 Å². The molecule has 21 heavy (non-hydrogen) atoms. The lowest BCUT2D eigenvalue weighted by atomic mass is 10.0. The Balaban J connectivity index is 0.00000106. The topological polar surface area (TPSA) is 75.6 Å². The lowest BCUT2D eigenvalue weighted by molar-refractivity contribution is -0.142. The van der Waals surface area contributed by atoms with E-state index < -0.39 is 12.0 Å². The van der Waals surface area contributed by atoms with Crippen molar-refractivity contribution in [3.05, 3.63) is 48.0 Å². The maximum Gasteiger partial charge on any atom is 0.328 e. The van der Waals surface area contributed by atoms with Crippen LogP contribution in [0.15, 0.2) is 42.5 Å². The third-order valence-electron chi connectivity index (χ3n) is 2.94. The zero-order chi connectivity index (χ0) is 15.8. The van der Waals surface area contributed by atoms with Crippen LogP contribution in [0, 0.1) is 0 Å². The quantitative estimate of drug-likeness (QED) is 0.844. The summed E-state index contributed by atoms with van der Waals surface area (Å²) in [5.41, 5.74) is 0.550. The summed E-state index contributed by atoms with van der Waals surface area (Å²) in [5, 5.41) is 11.5. The van der Waals surface area contributed by atoms with Gasteiger partial charge in [-0.1, -0.05) is 36.4 Å². The largest absolute Gasteiger partial charge is 0.467 e. The number of ether oxygens (including phenoxy) is 1. The van der Waals surface area contributed by atoms with Gasteiger partial charge in [0.05, 0.1) is 7.11 Å². The molecule has 112 valence electrons. The fourth-order valence-corrected chi connectivity index (χ4v) is 1.93. The average molecular weight is 289 g/mol. The number of benzene rings is 2. The maximum absolute atomic E-state index is 12.2. The summed E-state index contributed by atoms with van der Waals surface area (Å²) in [6.07, 6.45) is 0. The third kappa shape index (κ3) is 4.03. The Hall–Kier alpha value is -2.40. The molecule has 5 heteroatoms. The van der Waals surface area contributed by atoms with Crippen LogP contribution in [0.5, 0.6) is 0 Å². The molecule has 0 unspecified atom stereocenters. The Morgan fingerprint density at radius 1 is 1.10 bits per heavy atom. The fourth-order valence-electron chi connectivity index (χ4n) is 1.93. The molecule has 0 aliphatic rings. The Labute approximate surface area is 123 Å². The van der Waals surface area contributed by atoms with Crippen molar-refractivity contribution in [1.29, 1.82) is 0 Å². The van der Waals surface area contributed by atoms with Crippen LogP contribution in [0.3, 0.4) is 0 Å². The first-order chi connectivity index (χ1) is 10.1. The average Bonchev–Trinajstić information content (AvgIpc) is 2.55. The Kier molecular flexibility index (Phi) is 6.36. The number of carbonyl (C=O) groups is 2. The van der Waals surface area contributed by atoms with Gasteiger partial charge < -0.3 is 15.2 Å². The molecule has 2 rings (SSSR count). The predicted molar refractivity (Wildman–Crippen MR) is 81.0 cm³/mol. The SMILES string of the molecule is CO.COC(=O)[C@H](C)NC(=O)c1cccc2ccccc12. The number of aliphatic hydroxyl groups excluding tert-OH is 1. The first-order valence-electron chi connectivity index (χ1n) is 6.44. The van der Waals surface area contributed by atoms with Gasteiger partial charge in [0.2, 0.25) is 0 Å². The van der Waals surface area contributed by atoms with Gasteiger partial charge in [0.15, 0.2) is 0 Å². The van der Waals surface area contributed by atoms with E-state index in [1.165, 1.54) is 7.11 Å². The van der Waals surface area contributed by atoms with Crippen molar-refractivity contribution >= 4 is 22.6 Å². The van der Waals surface area contributed by atoms with Gasteiger partial charge in [-0.25, -0.2) is 4.79 Å². The number of methoxy groups -OCH3 is 1. The highest BCUT2D eigenvalue weighted by Crippen LogP contribution is 2.18. The minimum atomic E-state index is -0.670. The molecule has 1 atom stereocenters. The standard InChI is InChI=1S/C15H15NO3.CH4O/c1-10(15(18)19-2)16-14(17)13-9-5-7-11-6-3-4-8-12(11)13;1-2/h3-10H,1-2H3,(H,16,17);2H,1H3/t10-;/m0./s1. The zero-order valence-corrected chi connectivity index (χ0v) is 12.3. The number of aliphatic hydroxyl groups is 1. The van der Waals surface area contributed by atoms with Crippen molar-refractivity contribution in [3.8, 4) is 0 Å². The van der Waals surface area contributed by atoms with Crippen molar-refractivity contribution < 1.29 is 19.4 Å². The van der Waals surface area contributed by atoms with E-state index in [9.17, 15) is 9.59 Å². The van der Waals surface area contributed by atoms with Crippen LogP contribution >= 0.6 is 0 Å². The van der Waals surface area contributed by atoms with Crippen molar-refractivity contribution in [2.45, 2.75) is 13.0 Å². The van der Waals surface area contributed by atoms with Crippen molar-refractivity contribution in [3.63, 3.8) is 0 Å². The molecule has 0 aromatic heterocycles. The molecule has 2 N–H and O–H groups in total. The van der Waals surface area contributed by atoms with Gasteiger partial charge in [-0.05, 0) is 23.8 Å². The summed E-state index contributed by atoms with van der Waals surface area (Å²) in [6.45, 7) is 1.59. The number of nitrogens with one attached hydrogen (secondary N) is 1. The van der Waals surface area contributed by atoms with Crippen LogP contribution in [0.25, 0.3) is 10.8 Å². The van der Waals surface area contributed by atoms with Crippen molar-refractivity contribution in [2.75, 3.05) is 14.2 Å². The lowest BCUT2D eigenvalue weighted by Crippen LogP contribution is -2.39. The van der Waals surface area contributed by atoms with E-state index in [1.54, 1.807) is 13.0 Å². The number of esters is 1. The second kappa shape index (κ2) is 8.01. The second-order valence-corrected chi connectivity index (χ2v) is 4.25. The Bertz CT molecular complexity index is 619. The predicted octanol–water partition coefficient (Wildman–Crippen LogP) is 1.74. The van der Waals surface area contributed by atoms with Crippen LogP contribution in [-0.4, -0.2) is 37.2 Å². The molecule has 0 bridgehead atoms. The number of hydrogen-bond donors (Lipinski definition) is 2. The van der Waals surface area contributed by atoms with E-state index in [0.29, 0.717) is 5.56 Å². The molecule has 5 nitrogen and oxygen atoms in total. The first kappa shape index (κ1) is 16.7. The van der Waals surface area contributed by atoms with E-state index in [0.717, 1.165) is 17.9 Å². The van der Waals surface area contributed by atoms with Gasteiger partial charge in [-0.2, -0.15) is 0 Å². The smallest absolute Gasteiger partial charge is 0.328 e. The van der Waals surface area contributed by atoms with E-state index >= 15 is 0 Å². The Morgan fingerprint density at radius 3 is 2.38 bits per heavy atom. The number of fused-ring (bicyclic) bond motifs is 1. The molecule has 0 saturated carbocycles. The summed E-state index contributed by atoms with van der Waals surface area (Å²) < 4.78 is 4.58.